The second-order valence-corrected chi connectivity index (χ2v) is 12.0. The highest BCUT2D eigenvalue weighted by atomic mass is 79.9. The molecule has 0 aliphatic carbocycles. The zero-order valence-electron chi connectivity index (χ0n) is 24.8. The summed E-state index contributed by atoms with van der Waals surface area (Å²) in [6.07, 6.45) is 0.576. The Morgan fingerprint density at radius 3 is 2.40 bits per heavy atom. The van der Waals surface area contributed by atoms with Gasteiger partial charge in [-0.3, -0.25) is 9.59 Å². The predicted octanol–water partition coefficient (Wildman–Crippen LogP) is 4.60. The number of hydrogen-bond acceptors (Lipinski definition) is 6. The third kappa shape index (κ3) is 13.2. The molecule has 2 aromatic carbocycles. The number of aryl methyl sites for hydroxylation is 1. The van der Waals surface area contributed by atoms with E-state index in [2.05, 4.69) is 26.6 Å². The van der Waals surface area contributed by atoms with Crippen molar-refractivity contribution in [3.05, 3.63) is 65.0 Å². The van der Waals surface area contributed by atoms with E-state index in [9.17, 15) is 29.0 Å². The van der Waals surface area contributed by atoms with Gasteiger partial charge in [-0.2, -0.15) is 0 Å². The lowest BCUT2D eigenvalue weighted by Crippen LogP contribution is -2.52. The number of amides is 3. The smallest absolute Gasteiger partial charge is 0.410 e. The number of carbonyl (C=O) groups excluding carboxylic acids is 3. The van der Waals surface area contributed by atoms with Crippen LogP contribution in [-0.2, 0) is 33.7 Å². The summed E-state index contributed by atoms with van der Waals surface area (Å²) in [4.78, 5) is 39.5. The van der Waals surface area contributed by atoms with Gasteiger partial charge in [0.1, 0.15) is 17.2 Å². The summed E-state index contributed by atoms with van der Waals surface area (Å²) in [5, 5.41) is 27.3. The van der Waals surface area contributed by atoms with E-state index in [0.29, 0.717) is 12.0 Å². The van der Waals surface area contributed by atoms with Crippen molar-refractivity contribution in [3.8, 4) is 5.75 Å². The van der Waals surface area contributed by atoms with E-state index in [1.807, 2.05) is 31.2 Å². The number of aromatic hydroxyl groups is 1. The van der Waals surface area contributed by atoms with E-state index >= 15 is 0 Å². The first-order valence-electron chi connectivity index (χ1n) is 14.1. The molecule has 42 heavy (non-hydrogen) atoms. The van der Waals surface area contributed by atoms with Crippen molar-refractivity contribution >= 4 is 33.8 Å². The van der Waals surface area contributed by atoms with Crippen molar-refractivity contribution < 1.29 is 33.7 Å². The van der Waals surface area contributed by atoms with Crippen LogP contribution in [0.1, 0.15) is 63.6 Å². The van der Waals surface area contributed by atoms with Gasteiger partial charge in [-0.25, -0.2) is 9.18 Å². The SMILES string of the molecule is CCc1cccc(CN(C[C@@H](O)[C@H](Cc2cc(O)cc(F)c2)NC(=O)CNC(=O)CCCCBr)C(=O)OC(C)(C)C)c1. The Balaban J connectivity index is 2.26. The van der Waals surface area contributed by atoms with E-state index in [-0.39, 0.29) is 44.1 Å². The molecule has 0 spiro atoms. The zero-order chi connectivity index (χ0) is 31.3. The molecule has 0 unspecified atom stereocenters. The molecule has 9 nitrogen and oxygen atoms in total. The van der Waals surface area contributed by atoms with Crippen molar-refractivity contribution in [3.63, 3.8) is 0 Å². The molecule has 0 aliphatic rings. The number of alkyl halides is 1. The van der Waals surface area contributed by atoms with Crippen LogP contribution in [-0.4, -0.2) is 69.2 Å². The Morgan fingerprint density at radius 2 is 1.76 bits per heavy atom. The molecule has 232 valence electrons. The number of benzene rings is 2. The Hall–Kier alpha value is -3.18. The molecule has 11 heteroatoms. The Labute approximate surface area is 256 Å². The van der Waals surface area contributed by atoms with E-state index in [1.165, 1.54) is 17.0 Å². The summed E-state index contributed by atoms with van der Waals surface area (Å²) in [6, 6.07) is 10.2. The van der Waals surface area contributed by atoms with Gasteiger partial charge in [0.25, 0.3) is 0 Å². The molecule has 0 saturated carbocycles. The van der Waals surface area contributed by atoms with Crippen LogP contribution in [0.25, 0.3) is 0 Å². The lowest BCUT2D eigenvalue weighted by molar-refractivity contribution is -0.127. The predicted molar refractivity (Wildman–Crippen MR) is 163 cm³/mol. The van der Waals surface area contributed by atoms with Crippen molar-refractivity contribution in [1.82, 2.24) is 15.5 Å². The lowest BCUT2D eigenvalue weighted by atomic mass is 10.00. The van der Waals surface area contributed by atoms with E-state index in [1.54, 1.807) is 20.8 Å². The van der Waals surface area contributed by atoms with Crippen LogP contribution in [0.3, 0.4) is 0 Å². The van der Waals surface area contributed by atoms with Crippen LogP contribution in [0.15, 0.2) is 42.5 Å². The summed E-state index contributed by atoms with van der Waals surface area (Å²) in [5.41, 5.74) is 1.47. The second-order valence-electron chi connectivity index (χ2n) is 11.2. The number of aliphatic hydroxyl groups excluding tert-OH is 1. The average molecular weight is 653 g/mol. The van der Waals surface area contributed by atoms with Gasteiger partial charge in [0.05, 0.1) is 25.2 Å². The largest absolute Gasteiger partial charge is 0.508 e. The van der Waals surface area contributed by atoms with Gasteiger partial charge in [0.2, 0.25) is 11.8 Å². The molecule has 2 rings (SSSR count). The monoisotopic (exact) mass is 651 g/mol. The van der Waals surface area contributed by atoms with Crippen LogP contribution in [0.5, 0.6) is 5.75 Å². The maximum atomic E-state index is 14.0. The average Bonchev–Trinajstić information content (AvgIpc) is 2.90. The van der Waals surface area contributed by atoms with E-state index in [4.69, 9.17) is 4.74 Å². The lowest BCUT2D eigenvalue weighted by Gasteiger charge is -2.32. The quantitative estimate of drug-likeness (QED) is 0.165. The highest BCUT2D eigenvalue weighted by Crippen LogP contribution is 2.19. The number of aliphatic hydroxyl groups is 1. The molecular formula is C31H43BrFN3O6. The highest BCUT2D eigenvalue weighted by Gasteiger charge is 2.29. The number of nitrogens with one attached hydrogen (secondary N) is 2. The molecule has 2 aromatic rings. The van der Waals surface area contributed by atoms with E-state index < -0.39 is 35.6 Å². The first-order valence-corrected chi connectivity index (χ1v) is 15.3. The van der Waals surface area contributed by atoms with Gasteiger partial charge in [-0.05, 0) is 75.3 Å². The third-order valence-electron chi connectivity index (χ3n) is 6.27. The molecule has 0 bridgehead atoms. The first kappa shape index (κ1) is 35.0. The van der Waals surface area contributed by atoms with Crippen LogP contribution in [0.4, 0.5) is 9.18 Å². The zero-order valence-corrected chi connectivity index (χ0v) is 26.4. The number of phenolic OH excluding ortho intramolecular Hbond substituents is 1. The van der Waals surface area contributed by atoms with Gasteiger partial charge in [0, 0.05) is 24.4 Å². The van der Waals surface area contributed by atoms with Crippen molar-refractivity contribution in [1.29, 1.82) is 0 Å². The van der Waals surface area contributed by atoms with Gasteiger partial charge < -0.3 is 30.5 Å². The molecule has 2 atom stereocenters. The minimum absolute atomic E-state index is 0.0507. The maximum Gasteiger partial charge on any atom is 0.410 e. The summed E-state index contributed by atoms with van der Waals surface area (Å²) in [6.45, 7) is 6.87. The fraction of sp³-hybridized carbons (Fsp3) is 0.516. The van der Waals surface area contributed by atoms with Crippen molar-refractivity contribution in [2.75, 3.05) is 18.4 Å². The molecule has 0 radical (unpaired) electrons. The molecular weight excluding hydrogens is 609 g/mol. The van der Waals surface area contributed by atoms with Gasteiger partial charge in [-0.15, -0.1) is 0 Å². The Kier molecular flexibility index (Phi) is 14.2. The first-order chi connectivity index (χ1) is 19.8. The van der Waals surface area contributed by atoms with Gasteiger partial charge in [0.15, 0.2) is 0 Å². The molecule has 0 saturated heterocycles. The highest BCUT2D eigenvalue weighted by molar-refractivity contribution is 9.09. The summed E-state index contributed by atoms with van der Waals surface area (Å²) in [5.74, 6) is -1.81. The second kappa shape index (κ2) is 17.1. The molecule has 3 amide bonds. The Bertz CT molecular complexity index is 1170. The molecule has 0 fully saturated rings. The molecule has 4 N–H and O–H groups in total. The fourth-order valence-corrected chi connectivity index (χ4v) is 4.64. The van der Waals surface area contributed by atoms with Crippen LogP contribution >= 0.6 is 15.9 Å². The number of nitrogens with zero attached hydrogens (tertiary/aromatic N) is 1. The number of carbonyl (C=O) groups is 3. The minimum atomic E-state index is -1.31. The third-order valence-corrected chi connectivity index (χ3v) is 6.84. The summed E-state index contributed by atoms with van der Waals surface area (Å²) < 4.78 is 19.6. The van der Waals surface area contributed by atoms with Crippen LogP contribution < -0.4 is 10.6 Å². The topological polar surface area (TPSA) is 128 Å². The number of hydrogen-bond donors (Lipinski definition) is 4. The van der Waals surface area contributed by atoms with Crippen LogP contribution in [0.2, 0.25) is 0 Å². The summed E-state index contributed by atoms with van der Waals surface area (Å²) in [7, 11) is 0. The van der Waals surface area contributed by atoms with Gasteiger partial charge in [-0.1, -0.05) is 47.1 Å². The number of halogens is 2. The Morgan fingerprint density at radius 1 is 1.05 bits per heavy atom. The molecule has 0 aromatic heterocycles. The van der Waals surface area contributed by atoms with Crippen molar-refractivity contribution in [2.24, 2.45) is 0 Å². The molecule has 0 heterocycles. The number of phenols is 1. The van der Waals surface area contributed by atoms with E-state index in [0.717, 1.165) is 35.4 Å². The number of ether oxygens (including phenoxy) is 1. The summed E-state index contributed by atoms with van der Waals surface area (Å²) >= 11 is 3.31. The van der Waals surface area contributed by atoms with Crippen molar-refractivity contribution in [2.45, 2.75) is 84.1 Å². The van der Waals surface area contributed by atoms with Crippen LogP contribution in [0, 0.1) is 5.82 Å². The maximum absolute atomic E-state index is 14.0. The fourth-order valence-electron chi connectivity index (χ4n) is 4.24. The van der Waals surface area contributed by atoms with Gasteiger partial charge >= 0.3 is 6.09 Å². The number of rotatable bonds is 15. The minimum Gasteiger partial charge on any atom is -0.508 e. The normalized spacial score (nSPS) is 12.7. The molecule has 0 aliphatic heterocycles. The standard InChI is InChI=1S/C31H43BrFN3O6/c1-5-21-9-8-10-22(13-21)19-36(30(41)42-31(2,3)4)20-27(38)26(16-23-14-24(33)17-25(37)15-23)35-29(40)18-34-28(39)11-6-7-12-32/h8-10,13-15,17,26-27,37-38H,5-7,11-12,16,18-20H2,1-4H3,(H,34,39)(H,35,40)/t26-,27+/m0/s1. The number of unbranched alkanes of at least 4 members (excludes halogenated alkanes) is 1.